The summed E-state index contributed by atoms with van der Waals surface area (Å²) in [6.07, 6.45) is 3.52. The fourth-order valence-corrected chi connectivity index (χ4v) is 2.25. The summed E-state index contributed by atoms with van der Waals surface area (Å²) < 4.78 is 1.68. The summed E-state index contributed by atoms with van der Waals surface area (Å²) in [7, 11) is 3.44. The minimum atomic E-state index is -0.310. The minimum Gasteiger partial charge on any atom is -0.394 e. The molecule has 0 amide bonds. The molecule has 0 bridgehead atoms. The molecule has 11 heteroatoms. The van der Waals surface area contributed by atoms with E-state index >= 15 is 0 Å². The molecule has 26 heavy (non-hydrogen) atoms. The number of hydrogen-bond acceptors (Lipinski definition) is 9. The largest absolute Gasteiger partial charge is 0.394 e. The van der Waals surface area contributed by atoms with Gasteiger partial charge >= 0.3 is 0 Å². The van der Waals surface area contributed by atoms with Gasteiger partial charge < -0.3 is 11.6 Å². The SMILES string of the molecule is CN(N)/C(CN(N)c1nc(C(C)(C)C)nc(-c2cnn(C)c2)c1N)=N\N. The number of hydrogen-bond donors (Lipinski definition) is 4. The maximum Gasteiger partial charge on any atom is 0.170 e. The maximum absolute atomic E-state index is 6.33. The zero-order chi connectivity index (χ0) is 19.6. The van der Waals surface area contributed by atoms with Gasteiger partial charge in [-0.1, -0.05) is 20.8 Å². The van der Waals surface area contributed by atoms with Crippen molar-refractivity contribution in [3.8, 4) is 11.3 Å². The molecule has 2 aromatic heterocycles. The first kappa shape index (κ1) is 19.4. The molecule has 0 radical (unpaired) electrons. The van der Waals surface area contributed by atoms with E-state index in [1.165, 1.54) is 10.0 Å². The van der Waals surface area contributed by atoms with Gasteiger partial charge in [-0.3, -0.25) is 14.7 Å². The molecule has 8 N–H and O–H groups in total. The van der Waals surface area contributed by atoms with Crippen LogP contribution in [-0.4, -0.2) is 44.2 Å². The number of aryl methyl sites for hydroxylation is 1. The summed E-state index contributed by atoms with van der Waals surface area (Å²) in [5.41, 5.74) is 7.70. The number of likely N-dealkylation sites (N-methyl/N-ethyl adjacent to an activating group) is 1. The summed E-state index contributed by atoms with van der Waals surface area (Å²) in [6, 6.07) is 0. The molecule has 2 heterocycles. The van der Waals surface area contributed by atoms with Crippen molar-refractivity contribution in [1.29, 1.82) is 0 Å². The van der Waals surface area contributed by atoms with Crippen LogP contribution in [0.2, 0.25) is 0 Å². The fraction of sp³-hybridized carbons (Fsp3) is 0.467. The van der Waals surface area contributed by atoms with E-state index in [-0.39, 0.29) is 12.0 Å². The van der Waals surface area contributed by atoms with Gasteiger partial charge in [-0.25, -0.2) is 21.7 Å². The van der Waals surface area contributed by atoms with Gasteiger partial charge in [-0.05, 0) is 0 Å². The van der Waals surface area contributed by atoms with Crippen LogP contribution in [0.4, 0.5) is 11.5 Å². The van der Waals surface area contributed by atoms with Crippen LogP contribution in [0.5, 0.6) is 0 Å². The van der Waals surface area contributed by atoms with E-state index in [9.17, 15) is 0 Å². The van der Waals surface area contributed by atoms with Crippen molar-refractivity contribution in [2.75, 3.05) is 24.3 Å². The van der Waals surface area contributed by atoms with Crippen LogP contribution in [0.15, 0.2) is 17.5 Å². The van der Waals surface area contributed by atoms with Gasteiger partial charge in [-0.2, -0.15) is 10.2 Å². The first-order chi connectivity index (χ1) is 12.0. The molecule has 0 fully saturated rings. The van der Waals surface area contributed by atoms with E-state index in [2.05, 4.69) is 20.2 Å². The van der Waals surface area contributed by atoms with Crippen LogP contribution >= 0.6 is 0 Å². The number of nitrogen functional groups attached to an aromatic ring is 1. The first-order valence-corrected chi connectivity index (χ1v) is 7.99. The van der Waals surface area contributed by atoms with Gasteiger partial charge in [0.05, 0.1) is 12.7 Å². The second-order valence-electron chi connectivity index (χ2n) is 7.07. The number of aromatic nitrogens is 4. The van der Waals surface area contributed by atoms with Gasteiger partial charge in [0.15, 0.2) is 11.7 Å². The maximum atomic E-state index is 6.33. The average molecular weight is 361 g/mol. The van der Waals surface area contributed by atoms with E-state index in [0.717, 1.165) is 5.56 Å². The summed E-state index contributed by atoms with van der Waals surface area (Å²) in [6.45, 7) is 6.16. The van der Waals surface area contributed by atoms with Gasteiger partial charge in [0.2, 0.25) is 0 Å². The van der Waals surface area contributed by atoms with E-state index < -0.39 is 0 Å². The molecule has 0 atom stereocenters. The predicted octanol–water partition coefficient (Wildman–Crippen LogP) is -0.485. The first-order valence-electron chi connectivity index (χ1n) is 7.99. The van der Waals surface area contributed by atoms with Crippen molar-refractivity contribution in [1.82, 2.24) is 24.8 Å². The Hall–Kier alpha value is -2.92. The second kappa shape index (κ2) is 7.14. The molecule has 0 aromatic carbocycles. The Bertz CT molecular complexity index is 800. The lowest BCUT2D eigenvalue weighted by Crippen LogP contribution is -2.46. The molecule has 2 aromatic rings. The van der Waals surface area contributed by atoms with Crippen molar-refractivity contribution in [3.05, 3.63) is 18.2 Å². The molecule has 0 aliphatic rings. The third-order valence-corrected chi connectivity index (χ3v) is 3.71. The Kier molecular flexibility index (Phi) is 5.33. The number of hydrazine groups is 2. The van der Waals surface area contributed by atoms with E-state index in [0.29, 0.717) is 28.9 Å². The minimum absolute atomic E-state index is 0.126. The molecule has 11 nitrogen and oxygen atoms in total. The molecule has 0 aliphatic carbocycles. The molecular weight excluding hydrogens is 334 g/mol. The molecule has 0 spiro atoms. The van der Waals surface area contributed by atoms with E-state index in [1.54, 1.807) is 17.9 Å². The number of amidine groups is 1. The Balaban J connectivity index is 2.57. The van der Waals surface area contributed by atoms with Gasteiger partial charge in [-0.15, -0.1) is 0 Å². The van der Waals surface area contributed by atoms with Gasteiger partial charge in [0.1, 0.15) is 17.2 Å². The van der Waals surface area contributed by atoms with Crippen LogP contribution in [0.1, 0.15) is 26.6 Å². The van der Waals surface area contributed by atoms with Crippen LogP contribution in [-0.2, 0) is 12.5 Å². The Labute approximate surface area is 152 Å². The van der Waals surface area contributed by atoms with Crippen molar-refractivity contribution >= 4 is 17.3 Å². The standard InChI is InChI=1S/C15H27N11/c1-15(2,3)14-21-12(9-6-20-24(4)7-9)11(16)13(22-14)26(19)8-10(23-17)25(5)18/h6-7H,8,16-19H2,1-5H3/b23-10-. The van der Waals surface area contributed by atoms with Crippen molar-refractivity contribution < 1.29 is 0 Å². The average Bonchev–Trinajstić information content (AvgIpc) is 2.97. The van der Waals surface area contributed by atoms with E-state index in [1.807, 2.05) is 34.0 Å². The number of hydrazone groups is 1. The molecule has 0 saturated heterocycles. The Morgan fingerprint density at radius 2 is 1.92 bits per heavy atom. The van der Waals surface area contributed by atoms with Crippen molar-refractivity contribution in [3.63, 3.8) is 0 Å². The van der Waals surface area contributed by atoms with Crippen molar-refractivity contribution in [2.24, 2.45) is 29.7 Å². The number of anilines is 2. The van der Waals surface area contributed by atoms with Crippen LogP contribution in [0, 0.1) is 0 Å². The molecule has 0 saturated carbocycles. The molecule has 2 rings (SSSR count). The lowest BCUT2D eigenvalue weighted by Gasteiger charge is -2.26. The highest BCUT2D eigenvalue weighted by atomic mass is 15.5. The second-order valence-corrected chi connectivity index (χ2v) is 7.07. The highest BCUT2D eigenvalue weighted by molar-refractivity contribution is 5.88. The molecule has 142 valence electrons. The number of rotatable bonds is 4. The predicted molar refractivity (Wildman–Crippen MR) is 102 cm³/mol. The van der Waals surface area contributed by atoms with Crippen LogP contribution in [0.25, 0.3) is 11.3 Å². The third kappa shape index (κ3) is 4.00. The topological polar surface area (TPSA) is 167 Å². The number of nitrogens with two attached hydrogens (primary N) is 4. The highest BCUT2D eigenvalue weighted by Crippen LogP contribution is 2.33. The van der Waals surface area contributed by atoms with E-state index in [4.69, 9.17) is 23.3 Å². The monoisotopic (exact) mass is 361 g/mol. The zero-order valence-electron chi connectivity index (χ0n) is 15.8. The number of nitrogens with zero attached hydrogens (tertiary/aromatic N) is 7. The third-order valence-electron chi connectivity index (χ3n) is 3.71. The zero-order valence-corrected chi connectivity index (χ0v) is 15.8. The molecule has 0 aliphatic heterocycles. The Morgan fingerprint density at radius 3 is 2.38 bits per heavy atom. The van der Waals surface area contributed by atoms with Gasteiger partial charge in [0, 0.05) is 31.3 Å². The normalized spacial score (nSPS) is 12.3. The van der Waals surface area contributed by atoms with Crippen LogP contribution < -0.4 is 28.3 Å². The smallest absolute Gasteiger partial charge is 0.170 e. The summed E-state index contributed by atoms with van der Waals surface area (Å²) in [4.78, 5) is 9.21. The van der Waals surface area contributed by atoms with Crippen LogP contribution in [0.3, 0.4) is 0 Å². The fourth-order valence-electron chi connectivity index (χ4n) is 2.25. The van der Waals surface area contributed by atoms with Crippen molar-refractivity contribution in [2.45, 2.75) is 26.2 Å². The summed E-state index contributed by atoms with van der Waals surface area (Å²) in [5.74, 6) is 18.6. The highest BCUT2D eigenvalue weighted by Gasteiger charge is 2.25. The summed E-state index contributed by atoms with van der Waals surface area (Å²) in [5, 5.41) is 10.4. The lowest BCUT2D eigenvalue weighted by atomic mass is 9.95. The summed E-state index contributed by atoms with van der Waals surface area (Å²) >= 11 is 0. The Morgan fingerprint density at radius 1 is 1.27 bits per heavy atom. The molecule has 0 unspecified atom stereocenters. The lowest BCUT2D eigenvalue weighted by molar-refractivity contribution is 0.524. The van der Waals surface area contributed by atoms with Gasteiger partial charge in [0.25, 0.3) is 0 Å². The quantitative estimate of drug-likeness (QED) is 0.243. The molecular formula is C15H27N11.